The molecule has 0 saturated carbocycles. The molecular weight excluding hydrogens is 534 g/mol. The van der Waals surface area contributed by atoms with Crippen LogP contribution in [0.25, 0.3) is 27.9 Å². The lowest BCUT2D eigenvalue weighted by Crippen LogP contribution is -2.39. The van der Waals surface area contributed by atoms with Gasteiger partial charge in [-0.2, -0.15) is 23.3 Å². The minimum Gasteiger partial charge on any atom is -0.331 e. The Balaban J connectivity index is 1.39. The van der Waals surface area contributed by atoms with Crippen LogP contribution in [-0.2, 0) is 18.3 Å². The largest absolute Gasteiger partial charge is 0.417 e. The molecule has 208 valence electrons. The van der Waals surface area contributed by atoms with Crippen molar-refractivity contribution in [3.8, 4) is 11.3 Å². The van der Waals surface area contributed by atoms with Gasteiger partial charge >= 0.3 is 12.2 Å². The molecule has 11 nitrogen and oxygen atoms in total. The smallest absolute Gasteiger partial charge is 0.331 e. The van der Waals surface area contributed by atoms with Crippen LogP contribution in [0.1, 0.15) is 32.0 Å². The number of carbonyl (C=O) groups is 1. The molecular formula is C25H23F4N9O2. The molecule has 0 fully saturated rings. The highest BCUT2D eigenvalue weighted by Gasteiger charge is 2.31. The molecule has 0 aliphatic carbocycles. The van der Waals surface area contributed by atoms with Crippen molar-refractivity contribution in [3.63, 3.8) is 0 Å². The first-order chi connectivity index (χ1) is 18.8. The SMILES string of the molecule is CC(C)(C)n1ncc2c(=O)[nH]c(NNC(=O)NCc3c(-c4ccc(F)cc4)nc4ccc(C(F)(F)F)cn34)nc21. The van der Waals surface area contributed by atoms with Crippen molar-refractivity contribution >= 4 is 28.7 Å². The molecule has 0 radical (unpaired) electrons. The number of benzene rings is 1. The van der Waals surface area contributed by atoms with Gasteiger partial charge in [0.25, 0.3) is 5.56 Å². The third kappa shape index (κ3) is 5.17. The minimum atomic E-state index is -4.60. The molecule has 40 heavy (non-hydrogen) atoms. The Morgan fingerprint density at radius 2 is 1.77 bits per heavy atom. The maximum absolute atomic E-state index is 13.5. The number of urea groups is 1. The van der Waals surface area contributed by atoms with Crippen LogP contribution in [0.3, 0.4) is 0 Å². The predicted octanol–water partition coefficient (Wildman–Crippen LogP) is 4.17. The summed E-state index contributed by atoms with van der Waals surface area (Å²) in [7, 11) is 0. The lowest BCUT2D eigenvalue weighted by Gasteiger charge is -2.19. The average Bonchev–Trinajstić information content (AvgIpc) is 3.48. The summed E-state index contributed by atoms with van der Waals surface area (Å²) < 4.78 is 56.5. The van der Waals surface area contributed by atoms with Crippen LogP contribution in [0.4, 0.5) is 28.3 Å². The topological polar surface area (TPSA) is 134 Å². The van der Waals surface area contributed by atoms with E-state index >= 15 is 0 Å². The summed E-state index contributed by atoms with van der Waals surface area (Å²) in [6.45, 7) is 5.42. The van der Waals surface area contributed by atoms with Crippen LogP contribution in [0.2, 0.25) is 0 Å². The predicted molar refractivity (Wildman–Crippen MR) is 138 cm³/mol. The average molecular weight is 558 g/mol. The fourth-order valence-corrected chi connectivity index (χ4v) is 4.06. The number of fused-ring (bicyclic) bond motifs is 2. The van der Waals surface area contributed by atoms with Crippen molar-refractivity contribution in [2.45, 2.75) is 39.0 Å². The number of anilines is 1. The van der Waals surface area contributed by atoms with Crippen molar-refractivity contribution < 1.29 is 22.4 Å². The number of nitrogens with one attached hydrogen (secondary N) is 4. The summed E-state index contributed by atoms with van der Waals surface area (Å²) in [4.78, 5) is 36.3. The van der Waals surface area contributed by atoms with Crippen LogP contribution in [0.15, 0.2) is 53.6 Å². The van der Waals surface area contributed by atoms with Gasteiger partial charge in [-0.1, -0.05) is 0 Å². The second-order valence-electron chi connectivity index (χ2n) is 9.87. The highest BCUT2D eigenvalue weighted by Crippen LogP contribution is 2.31. The van der Waals surface area contributed by atoms with Gasteiger partial charge in [-0.3, -0.25) is 15.2 Å². The number of imidazole rings is 1. The molecule has 0 aliphatic heterocycles. The zero-order valence-corrected chi connectivity index (χ0v) is 21.4. The van der Waals surface area contributed by atoms with Crippen molar-refractivity contribution in [2.75, 3.05) is 5.43 Å². The zero-order chi connectivity index (χ0) is 28.8. The first kappa shape index (κ1) is 26.6. The Morgan fingerprint density at radius 3 is 2.45 bits per heavy atom. The van der Waals surface area contributed by atoms with E-state index in [0.29, 0.717) is 11.2 Å². The Kier molecular flexibility index (Phi) is 6.44. The van der Waals surface area contributed by atoms with Gasteiger partial charge in [-0.15, -0.1) is 0 Å². The van der Waals surface area contributed by atoms with Gasteiger partial charge in [0.05, 0.1) is 35.2 Å². The Bertz CT molecular complexity index is 1780. The number of nitrogens with zero attached hydrogens (tertiary/aromatic N) is 5. The van der Waals surface area contributed by atoms with Gasteiger partial charge in [0.2, 0.25) is 5.95 Å². The third-order valence-corrected chi connectivity index (χ3v) is 5.95. The van der Waals surface area contributed by atoms with Crippen molar-refractivity contribution in [1.82, 2.24) is 39.9 Å². The third-order valence-electron chi connectivity index (χ3n) is 5.95. The summed E-state index contributed by atoms with van der Waals surface area (Å²) in [5, 5.41) is 7.02. The molecule has 2 amide bonds. The van der Waals surface area contributed by atoms with E-state index in [1.165, 1.54) is 40.9 Å². The number of H-pyrrole nitrogens is 1. The van der Waals surface area contributed by atoms with Gasteiger partial charge in [0.1, 0.15) is 16.9 Å². The second kappa shape index (κ2) is 9.66. The Hall–Kier alpha value is -4.95. The minimum absolute atomic E-state index is 0.0599. The summed E-state index contributed by atoms with van der Waals surface area (Å²) in [5.74, 6) is -0.553. The van der Waals surface area contributed by atoms with E-state index in [1.807, 2.05) is 20.8 Å². The van der Waals surface area contributed by atoms with Crippen molar-refractivity contribution in [3.05, 3.63) is 76.2 Å². The maximum Gasteiger partial charge on any atom is 0.417 e. The van der Waals surface area contributed by atoms with E-state index in [4.69, 9.17) is 0 Å². The monoisotopic (exact) mass is 557 g/mol. The van der Waals surface area contributed by atoms with E-state index in [9.17, 15) is 27.2 Å². The summed E-state index contributed by atoms with van der Waals surface area (Å²) in [5.41, 5.74) is 4.44. The fraction of sp³-hybridized carbons (Fsp3) is 0.240. The van der Waals surface area contributed by atoms with E-state index in [-0.39, 0.29) is 34.9 Å². The number of hydrogen-bond acceptors (Lipinski definition) is 6. The van der Waals surface area contributed by atoms with Crippen LogP contribution >= 0.6 is 0 Å². The molecule has 0 unspecified atom stereocenters. The second-order valence-corrected chi connectivity index (χ2v) is 9.87. The molecule has 0 aliphatic rings. The first-order valence-electron chi connectivity index (χ1n) is 11.9. The number of halogens is 4. The standard InChI is InChI=1S/C25H23F4N9O2/c1-24(2,3)38-20-16(10-31-38)21(39)34-22(33-20)35-36-23(40)30-11-17-19(13-4-7-15(26)8-5-13)32-18-9-6-14(12-37(17)18)25(27,28)29/h4-10,12H,11H2,1-3H3,(H2,30,36,40)(H2,33,34,35,39). The molecule has 4 N–H and O–H groups in total. The Labute approximate surface area is 223 Å². The molecule has 15 heteroatoms. The molecule has 0 saturated heterocycles. The summed E-state index contributed by atoms with van der Waals surface area (Å²) >= 11 is 0. The van der Waals surface area contributed by atoms with Crippen LogP contribution < -0.4 is 21.7 Å². The first-order valence-corrected chi connectivity index (χ1v) is 11.9. The van der Waals surface area contributed by atoms with Gasteiger partial charge in [0.15, 0.2) is 5.65 Å². The highest BCUT2D eigenvalue weighted by molar-refractivity contribution is 5.77. The molecule has 0 spiro atoms. The lowest BCUT2D eigenvalue weighted by molar-refractivity contribution is -0.137. The zero-order valence-electron chi connectivity index (χ0n) is 21.4. The number of hydrazine groups is 1. The number of pyridine rings is 1. The maximum atomic E-state index is 13.5. The van der Waals surface area contributed by atoms with Gasteiger partial charge < -0.3 is 9.72 Å². The van der Waals surface area contributed by atoms with E-state index in [1.54, 1.807) is 4.68 Å². The van der Waals surface area contributed by atoms with Gasteiger partial charge in [-0.25, -0.2) is 24.3 Å². The van der Waals surface area contributed by atoms with Crippen LogP contribution in [0, 0.1) is 5.82 Å². The number of aromatic nitrogens is 6. The summed E-state index contributed by atoms with van der Waals surface area (Å²) in [6, 6.07) is 6.61. The molecule has 4 aromatic heterocycles. The van der Waals surface area contributed by atoms with Gasteiger partial charge in [0, 0.05) is 11.8 Å². The molecule has 5 rings (SSSR count). The molecule has 1 aromatic carbocycles. The highest BCUT2D eigenvalue weighted by atomic mass is 19.4. The quantitative estimate of drug-likeness (QED) is 0.189. The van der Waals surface area contributed by atoms with Crippen molar-refractivity contribution in [2.24, 2.45) is 0 Å². The molecule has 0 atom stereocenters. The van der Waals surface area contributed by atoms with Crippen LogP contribution in [-0.4, -0.2) is 35.2 Å². The summed E-state index contributed by atoms with van der Waals surface area (Å²) in [6.07, 6.45) is -2.33. The van der Waals surface area contributed by atoms with Gasteiger partial charge in [-0.05, 0) is 57.2 Å². The van der Waals surface area contributed by atoms with E-state index in [2.05, 4.69) is 36.2 Å². The fourth-order valence-electron chi connectivity index (χ4n) is 4.06. The van der Waals surface area contributed by atoms with E-state index in [0.717, 1.165) is 12.3 Å². The number of carbonyl (C=O) groups excluding carboxylic acids is 1. The lowest BCUT2D eigenvalue weighted by atomic mass is 10.1. The van der Waals surface area contributed by atoms with E-state index < -0.39 is 34.7 Å². The molecule has 4 heterocycles. The molecule has 0 bridgehead atoms. The normalized spacial score (nSPS) is 12.2. The van der Waals surface area contributed by atoms with Crippen LogP contribution in [0.5, 0.6) is 0 Å². The number of hydrogen-bond donors (Lipinski definition) is 4. The number of aromatic amines is 1. The molecule has 5 aromatic rings. The number of rotatable bonds is 5. The number of amides is 2. The van der Waals surface area contributed by atoms with Crippen molar-refractivity contribution in [1.29, 1.82) is 0 Å². The number of alkyl halides is 3. The Morgan fingerprint density at radius 1 is 1.05 bits per heavy atom.